The van der Waals surface area contributed by atoms with E-state index in [0.717, 1.165) is 18.8 Å². The molecule has 0 saturated carbocycles. The molecule has 0 aliphatic heterocycles. The standard InChI is InChI=1S/C17H25N3/c1-4-13(3)15(14-9-7-6-8-10-14)16(18)17-19-11-12-20(17)5-2/h6-13,15-16H,4-5,18H2,1-3H3. The van der Waals surface area contributed by atoms with Gasteiger partial charge in [-0.1, -0.05) is 50.6 Å². The molecule has 20 heavy (non-hydrogen) atoms. The average Bonchev–Trinajstić information content (AvgIpc) is 2.96. The smallest absolute Gasteiger partial charge is 0.126 e. The predicted molar refractivity (Wildman–Crippen MR) is 83.5 cm³/mol. The Morgan fingerprint density at radius 1 is 1.20 bits per heavy atom. The Hall–Kier alpha value is -1.61. The maximum Gasteiger partial charge on any atom is 0.126 e. The van der Waals surface area contributed by atoms with Crippen LogP contribution in [0.3, 0.4) is 0 Å². The van der Waals surface area contributed by atoms with Crippen LogP contribution in [0.15, 0.2) is 42.7 Å². The summed E-state index contributed by atoms with van der Waals surface area (Å²) in [7, 11) is 0. The molecule has 1 aromatic heterocycles. The quantitative estimate of drug-likeness (QED) is 0.870. The predicted octanol–water partition coefficient (Wildman–Crippen LogP) is 3.73. The number of nitrogens with two attached hydrogens (primary N) is 1. The highest BCUT2D eigenvalue weighted by Gasteiger charge is 2.28. The van der Waals surface area contributed by atoms with E-state index in [2.05, 4.69) is 60.7 Å². The fraction of sp³-hybridized carbons (Fsp3) is 0.471. The summed E-state index contributed by atoms with van der Waals surface area (Å²) in [5, 5.41) is 0. The van der Waals surface area contributed by atoms with Gasteiger partial charge in [0, 0.05) is 24.9 Å². The molecule has 108 valence electrons. The van der Waals surface area contributed by atoms with Gasteiger partial charge in [0.2, 0.25) is 0 Å². The Morgan fingerprint density at radius 3 is 2.50 bits per heavy atom. The van der Waals surface area contributed by atoms with Crippen molar-refractivity contribution >= 4 is 0 Å². The van der Waals surface area contributed by atoms with E-state index in [1.165, 1.54) is 5.56 Å². The van der Waals surface area contributed by atoms with E-state index in [-0.39, 0.29) is 6.04 Å². The molecule has 0 aliphatic rings. The molecule has 0 fully saturated rings. The zero-order valence-electron chi connectivity index (χ0n) is 12.7. The summed E-state index contributed by atoms with van der Waals surface area (Å²) in [5.41, 5.74) is 7.89. The molecule has 0 aliphatic carbocycles. The van der Waals surface area contributed by atoms with Gasteiger partial charge in [-0.3, -0.25) is 0 Å². The van der Waals surface area contributed by atoms with Gasteiger partial charge in [0.25, 0.3) is 0 Å². The first-order valence-electron chi connectivity index (χ1n) is 7.50. The number of hydrogen-bond donors (Lipinski definition) is 1. The zero-order valence-corrected chi connectivity index (χ0v) is 12.7. The molecule has 2 rings (SSSR count). The molecule has 0 spiro atoms. The third-order valence-corrected chi connectivity index (χ3v) is 4.21. The third-order valence-electron chi connectivity index (χ3n) is 4.21. The molecule has 1 aromatic carbocycles. The van der Waals surface area contributed by atoms with E-state index in [1.807, 2.05) is 12.4 Å². The van der Waals surface area contributed by atoms with Crippen molar-refractivity contribution in [2.75, 3.05) is 0 Å². The van der Waals surface area contributed by atoms with E-state index in [1.54, 1.807) is 0 Å². The molecule has 0 saturated heterocycles. The number of hydrogen-bond acceptors (Lipinski definition) is 2. The first-order valence-corrected chi connectivity index (χ1v) is 7.50. The van der Waals surface area contributed by atoms with Crippen LogP contribution in [0.1, 0.15) is 50.5 Å². The second kappa shape index (κ2) is 6.71. The van der Waals surface area contributed by atoms with E-state index >= 15 is 0 Å². The Balaban J connectivity index is 2.37. The van der Waals surface area contributed by atoms with Crippen LogP contribution < -0.4 is 5.73 Å². The summed E-state index contributed by atoms with van der Waals surface area (Å²) in [4.78, 5) is 4.49. The minimum Gasteiger partial charge on any atom is -0.334 e. The summed E-state index contributed by atoms with van der Waals surface area (Å²) in [6.07, 6.45) is 4.96. The minimum absolute atomic E-state index is 0.0673. The van der Waals surface area contributed by atoms with Crippen LogP contribution in [0.5, 0.6) is 0 Å². The van der Waals surface area contributed by atoms with Crippen LogP contribution in [0.2, 0.25) is 0 Å². The van der Waals surface area contributed by atoms with Gasteiger partial charge in [0.15, 0.2) is 0 Å². The van der Waals surface area contributed by atoms with E-state index in [0.29, 0.717) is 11.8 Å². The molecule has 2 N–H and O–H groups in total. The second-order valence-electron chi connectivity index (χ2n) is 5.42. The Bertz CT molecular complexity index is 518. The third kappa shape index (κ3) is 2.93. The molecule has 0 bridgehead atoms. The Labute approximate surface area is 121 Å². The molecule has 3 atom stereocenters. The van der Waals surface area contributed by atoms with Crippen molar-refractivity contribution in [3.05, 3.63) is 54.1 Å². The van der Waals surface area contributed by atoms with Gasteiger partial charge in [0.1, 0.15) is 5.82 Å². The minimum atomic E-state index is -0.0673. The second-order valence-corrected chi connectivity index (χ2v) is 5.42. The highest BCUT2D eigenvalue weighted by atomic mass is 15.1. The lowest BCUT2D eigenvalue weighted by atomic mass is 9.80. The fourth-order valence-corrected chi connectivity index (χ4v) is 2.87. The first kappa shape index (κ1) is 14.8. The van der Waals surface area contributed by atoms with Crippen molar-refractivity contribution in [1.29, 1.82) is 0 Å². The van der Waals surface area contributed by atoms with Gasteiger partial charge >= 0.3 is 0 Å². The number of nitrogens with zero attached hydrogens (tertiary/aromatic N) is 2. The molecule has 3 unspecified atom stereocenters. The molecule has 3 nitrogen and oxygen atoms in total. The van der Waals surface area contributed by atoms with Gasteiger partial charge in [-0.2, -0.15) is 0 Å². The van der Waals surface area contributed by atoms with Crippen LogP contribution in [0.4, 0.5) is 0 Å². The number of benzene rings is 1. The van der Waals surface area contributed by atoms with Crippen molar-refractivity contribution in [1.82, 2.24) is 9.55 Å². The molecular weight excluding hydrogens is 246 g/mol. The van der Waals surface area contributed by atoms with Crippen LogP contribution >= 0.6 is 0 Å². The van der Waals surface area contributed by atoms with Gasteiger partial charge in [0.05, 0.1) is 6.04 Å². The summed E-state index contributed by atoms with van der Waals surface area (Å²) in [5.74, 6) is 1.81. The maximum absolute atomic E-state index is 6.59. The molecule has 1 heterocycles. The lowest BCUT2D eigenvalue weighted by Gasteiger charge is -2.29. The van der Waals surface area contributed by atoms with Crippen LogP contribution in [-0.2, 0) is 6.54 Å². The van der Waals surface area contributed by atoms with Crippen molar-refractivity contribution in [3.63, 3.8) is 0 Å². The largest absolute Gasteiger partial charge is 0.334 e. The van der Waals surface area contributed by atoms with Crippen molar-refractivity contribution < 1.29 is 0 Å². The summed E-state index contributed by atoms with van der Waals surface area (Å²) >= 11 is 0. The topological polar surface area (TPSA) is 43.8 Å². The molecule has 2 aromatic rings. The van der Waals surface area contributed by atoms with Crippen LogP contribution in [0.25, 0.3) is 0 Å². The lowest BCUT2D eigenvalue weighted by molar-refractivity contribution is 0.371. The Kier molecular flexibility index (Phi) is 4.96. The molecular formula is C17H25N3. The molecule has 0 radical (unpaired) electrons. The van der Waals surface area contributed by atoms with Crippen LogP contribution in [-0.4, -0.2) is 9.55 Å². The van der Waals surface area contributed by atoms with E-state index in [9.17, 15) is 0 Å². The summed E-state index contributed by atoms with van der Waals surface area (Å²) in [6.45, 7) is 7.53. The van der Waals surface area contributed by atoms with E-state index < -0.39 is 0 Å². The number of imidazole rings is 1. The van der Waals surface area contributed by atoms with Gasteiger partial charge < -0.3 is 10.3 Å². The number of rotatable bonds is 6. The average molecular weight is 271 g/mol. The highest BCUT2D eigenvalue weighted by molar-refractivity contribution is 5.24. The monoisotopic (exact) mass is 271 g/mol. The number of aromatic nitrogens is 2. The molecule has 0 amide bonds. The van der Waals surface area contributed by atoms with Crippen molar-refractivity contribution in [2.45, 2.75) is 45.7 Å². The van der Waals surface area contributed by atoms with Crippen LogP contribution in [0, 0.1) is 5.92 Å². The van der Waals surface area contributed by atoms with Crippen molar-refractivity contribution in [2.24, 2.45) is 11.7 Å². The lowest BCUT2D eigenvalue weighted by Crippen LogP contribution is -2.27. The number of aryl methyl sites for hydroxylation is 1. The normalized spacial score (nSPS) is 15.8. The molecule has 3 heteroatoms. The van der Waals surface area contributed by atoms with E-state index in [4.69, 9.17) is 5.73 Å². The highest BCUT2D eigenvalue weighted by Crippen LogP contribution is 2.36. The zero-order chi connectivity index (χ0) is 14.5. The first-order chi connectivity index (χ1) is 9.69. The van der Waals surface area contributed by atoms with Crippen molar-refractivity contribution in [3.8, 4) is 0 Å². The summed E-state index contributed by atoms with van der Waals surface area (Å²) in [6, 6.07) is 10.5. The summed E-state index contributed by atoms with van der Waals surface area (Å²) < 4.78 is 2.14. The fourth-order valence-electron chi connectivity index (χ4n) is 2.87. The van der Waals surface area contributed by atoms with Gasteiger partial charge in [-0.25, -0.2) is 4.98 Å². The maximum atomic E-state index is 6.59. The SMILES string of the molecule is CCC(C)C(c1ccccc1)C(N)c1nccn1CC. The Morgan fingerprint density at radius 2 is 1.90 bits per heavy atom. The van der Waals surface area contributed by atoms with Gasteiger partial charge in [-0.15, -0.1) is 0 Å². The van der Waals surface area contributed by atoms with Gasteiger partial charge in [-0.05, 0) is 18.4 Å².